The van der Waals surface area contributed by atoms with Crippen LogP contribution in [0, 0.1) is 0 Å². The second-order valence-electron chi connectivity index (χ2n) is 6.40. The van der Waals surface area contributed by atoms with Crippen molar-refractivity contribution in [2.75, 3.05) is 26.7 Å². The number of likely N-dealkylation sites (tertiary alicyclic amines) is 1. The van der Waals surface area contributed by atoms with Crippen molar-refractivity contribution in [3.8, 4) is 5.75 Å². The lowest BCUT2D eigenvalue weighted by atomic mass is 10.1. The molecule has 0 saturated carbocycles. The van der Waals surface area contributed by atoms with Crippen molar-refractivity contribution >= 4 is 17.5 Å². The normalized spacial score (nSPS) is 17.8. The average molecular weight is 343 g/mol. The number of hydrogen-bond acceptors (Lipinski definition) is 4. The van der Waals surface area contributed by atoms with Gasteiger partial charge in [-0.1, -0.05) is 0 Å². The van der Waals surface area contributed by atoms with Crippen LogP contribution in [0.25, 0.3) is 5.70 Å². The first kappa shape index (κ1) is 17.3. The number of nitrogens with one attached hydrogen (secondary N) is 1. The minimum atomic E-state index is -0.0105. The lowest BCUT2D eigenvalue weighted by Crippen LogP contribution is -2.46. The molecule has 6 nitrogen and oxygen atoms in total. The second-order valence-corrected chi connectivity index (χ2v) is 6.40. The lowest BCUT2D eigenvalue weighted by Gasteiger charge is -2.31. The monoisotopic (exact) mass is 343 g/mol. The maximum Gasteiger partial charge on any atom is 0.244 e. The molecular formula is C19H25N3O3. The van der Waals surface area contributed by atoms with Crippen LogP contribution in [0.15, 0.2) is 30.3 Å². The van der Waals surface area contributed by atoms with Crippen molar-refractivity contribution in [2.24, 2.45) is 0 Å². The molecule has 0 unspecified atom stereocenters. The summed E-state index contributed by atoms with van der Waals surface area (Å²) in [6.07, 6.45) is 5.94. The Morgan fingerprint density at radius 3 is 2.56 bits per heavy atom. The predicted octanol–water partition coefficient (Wildman–Crippen LogP) is 2.18. The van der Waals surface area contributed by atoms with Gasteiger partial charge < -0.3 is 9.64 Å². The third-order valence-electron chi connectivity index (χ3n) is 4.70. The molecule has 2 aliphatic heterocycles. The van der Waals surface area contributed by atoms with Gasteiger partial charge in [0.05, 0.1) is 19.4 Å². The van der Waals surface area contributed by atoms with E-state index in [0.717, 1.165) is 42.9 Å². The summed E-state index contributed by atoms with van der Waals surface area (Å²) in [6, 6.07) is 7.67. The highest BCUT2D eigenvalue weighted by Gasteiger charge is 2.22. The summed E-state index contributed by atoms with van der Waals surface area (Å²) in [7, 11) is 1.63. The summed E-state index contributed by atoms with van der Waals surface area (Å²) < 4.78 is 5.17. The van der Waals surface area contributed by atoms with Crippen molar-refractivity contribution in [3.63, 3.8) is 0 Å². The minimum Gasteiger partial charge on any atom is -0.497 e. The summed E-state index contributed by atoms with van der Waals surface area (Å²) in [5, 5.41) is 1.56. The van der Waals surface area contributed by atoms with E-state index in [0.29, 0.717) is 19.4 Å². The zero-order chi connectivity index (χ0) is 17.6. The molecular weight excluding hydrogens is 318 g/mol. The van der Waals surface area contributed by atoms with Gasteiger partial charge >= 0.3 is 0 Å². The highest BCUT2D eigenvalue weighted by Crippen LogP contribution is 2.20. The number of hydrogen-bond donors (Lipinski definition) is 1. The summed E-state index contributed by atoms with van der Waals surface area (Å²) in [6.45, 7) is 2.08. The number of piperidine rings is 1. The molecule has 25 heavy (non-hydrogen) atoms. The number of carbonyl (C=O) groups is 2. The first-order chi connectivity index (χ1) is 12.2. The third kappa shape index (κ3) is 4.32. The number of benzene rings is 1. The molecule has 2 amide bonds. The summed E-state index contributed by atoms with van der Waals surface area (Å²) in [5.41, 5.74) is 5.02. The number of amides is 2. The Balaban J connectivity index is 1.57. The molecule has 1 saturated heterocycles. The Morgan fingerprint density at radius 1 is 1.16 bits per heavy atom. The molecule has 2 aliphatic rings. The van der Waals surface area contributed by atoms with Crippen LogP contribution in [-0.2, 0) is 9.59 Å². The number of hydrazine groups is 1. The topological polar surface area (TPSA) is 61.9 Å². The largest absolute Gasteiger partial charge is 0.497 e. The third-order valence-corrected chi connectivity index (χ3v) is 4.70. The first-order valence-electron chi connectivity index (χ1n) is 8.87. The molecule has 6 heteroatoms. The molecule has 1 aromatic carbocycles. The highest BCUT2D eigenvalue weighted by molar-refractivity contribution is 5.84. The van der Waals surface area contributed by atoms with E-state index in [4.69, 9.17) is 4.74 Å². The fraction of sp³-hybridized carbons (Fsp3) is 0.474. The van der Waals surface area contributed by atoms with Crippen molar-refractivity contribution in [2.45, 2.75) is 32.1 Å². The maximum atomic E-state index is 12.3. The van der Waals surface area contributed by atoms with Crippen LogP contribution in [0.1, 0.15) is 37.7 Å². The number of carbonyl (C=O) groups excluding carboxylic acids is 2. The summed E-state index contributed by atoms with van der Waals surface area (Å²) >= 11 is 0. The maximum absolute atomic E-state index is 12.3. The quantitative estimate of drug-likeness (QED) is 0.890. The molecule has 1 aromatic rings. The van der Waals surface area contributed by atoms with E-state index < -0.39 is 0 Å². The number of ether oxygens (including phenoxy) is 1. The van der Waals surface area contributed by atoms with Crippen molar-refractivity contribution < 1.29 is 14.3 Å². The molecule has 1 N–H and O–H groups in total. The SMILES string of the molecule is COc1ccc(C2=CCC(=O)N(CCC(=O)N3CCCCC3)N2)cc1. The standard InChI is InChI=1S/C19H25N3O3/c1-25-16-7-5-15(6-8-16)17-9-10-19(24)22(20-17)14-11-18(23)21-12-3-2-4-13-21/h5-9,20H,2-4,10-14H2,1H3. The van der Waals surface area contributed by atoms with Gasteiger partial charge in [-0.15, -0.1) is 0 Å². The van der Waals surface area contributed by atoms with Crippen LogP contribution in [0.3, 0.4) is 0 Å². The highest BCUT2D eigenvalue weighted by atomic mass is 16.5. The summed E-state index contributed by atoms with van der Waals surface area (Å²) in [4.78, 5) is 26.4. The number of rotatable bonds is 5. The van der Waals surface area contributed by atoms with E-state index in [1.807, 2.05) is 35.2 Å². The van der Waals surface area contributed by atoms with E-state index in [1.165, 1.54) is 6.42 Å². The molecule has 1 fully saturated rings. The van der Waals surface area contributed by atoms with E-state index in [2.05, 4.69) is 5.43 Å². The fourth-order valence-electron chi connectivity index (χ4n) is 3.20. The van der Waals surface area contributed by atoms with Crippen LogP contribution >= 0.6 is 0 Å². The second kappa shape index (κ2) is 8.05. The fourth-order valence-corrected chi connectivity index (χ4v) is 3.20. The van der Waals surface area contributed by atoms with Gasteiger partial charge in [0.15, 0.2) is 0 Å². The first-order valence-corrected chi connectivity index (χ1v) is 8.87. The van der Waals surface area contributed by atoms with Gasteiger partial charge in [-0.2, -0.15) is 0 Å². The van der Waals surface area contributed by atoms with Crippen LogP contribution in [0.5, 0.6) is 5.75 Å². The Kier molecular flexibility index (Phi) is 5.58. The number of methoxy groups -OCH3 is 1. The number of nitrogens with zero attached hydrogens (tertiary/aromatic N) is 2. The van der Waals surface area contributed by atoms with Gasteiger partial charge in [0.2, 0.25) is 11.8 Å². The average Bonchev–Trinajstić information content (AvgIpc) is 2.68. The molecule has 0 spiro atoms. The van der Waals surface area contributed by atoms with Gasteiger partial charge in [-0.05, 0) is 55.2 Å². The van der Waals surface area contributed by atoms with Crippen molar-refractivity contribution in [3.05, 3.63) is 35.9 Å². The molecule has 0 aliphatic carbocycles. The van der Waals surface area contributed by atoms with Gasteiger partial charge in [0.1, 0.15) is 5.75 Å². The molecule has 0 atom stereocenters. The van der Waals surface area contributed by atoms with Gasteiger partial charge in [-0.25, -0.2) is 0 Å². The van der Waals surface area contributed by atoms with Crippen LogP contribution in [0.2, 0.25) is 0 Å². The zero-order valence-corrected chi connectivity index (χ0v) is 14.7. The summed E-state index contributed by atoms with van der Waals surface area (Å²) in [5.74, 6) is 0.916. The van der Waals surface area contributed by atoms with Gasteiger partial charge in [0, 0.05) is 25.9 Å². The van der Waals surface area contributed by atoms with Crippen LogP contribution < -0.4 is 10.2 Å². The molecule has 2 heterocycles. The van der Waals surface area contributed by atoms with Gasteiger partial charge in [0.25, 0.3) is 0 Å². The Labute approximate surface area is 148 Å². The Hall–Kier alpha value is -2.50. The minimum absolute atomic E-state index is 0.0105. The molecule has 0 aromatic heterocycles. The predicted molar refractivity (Wildman–Crippen MR) is 95.5 cm³/mol. The molecule has 0 radical (unpaired) electrons. The Morgan fingerprint density at radius 2 is 1.88 bits per heavy atom. The molecule has 0 bridgehead atoms. The van der Waals surface area contributed by atoms with E-state index in [9.17, 15) is 9.59 Å². The van der Waals surface area contributed by atoms with Crippen LogP contribution in [0.4, 0.5) is 0 Å². The van der Waals surface area contributed by atoms with Crippen molar-refractivity contribution in [1.29, 1.82) is 0 Å². The molecule has 3 rings (SSSR count). The van der Waals surface area contributed by atoms with Crippen molar-refractivity contribution in [1.82, 2.24) is 15.3 Å². The van der Waals surface area contributed by atoms with E-state index in [1.54, 1.807) is 12.1 Å². The Bertz CT molecular complexity index is 648. The van der Waals surface area contributed by atoms with Crippen LogP contribution in [-0.4, -0.2) is 48.5 Å². The van der Waals surface area contributed by atoms with E-state index in [-0.39, 0.29) is 11.8 Å². The van der Waals surface area contributed by atoms with E-state index >= 15 is 0 Å². The smallest absolute Gasteiger partial charge is 0.244 e. The molecule has 134 valence electrons. The zero-order valence-electron chi connectivity index (χ0n) is 14.7. The van der Waals surface area contributed by atoms with Gasteiger partial charge in [-0.3, -0.25) is 20.0 Å². The lowest BCUT2D eigenvalue weighted by molar-refractivity contribution is -0.136.